The second-order valence-electron chi connectivity index (χ2n) is 7.80. The van der Waals surface area contributed by atoms with Gasteiger partial charge in [-0.3, -0.25) is 4.79 Å². The van der Waals surface area contributed by atoms with E-state index in [1.165, 1.54) is 13.1 Å². The van der Waals surface area contributed by atoms with E-state index in [2.05, 4.69) is 5.32 Å². The molecule has 0 saturated carbocycles. The first kappa shape index (κ1) is 23.8. The average Bonchev–Trinajstić information content (AvgIpc) is 2.81. The van der Waals surface area contributed by atoms with Crippen LogP contribution in [0.2, 0.25) is 0 Å². The summed E-state index contributed by atoms with van der Waals surface area (Å²) in [4.78, 5) is 12.0. The van der Waals surface area contributed by atoms with Crippen molar-refractivity contribution in [1.29, 1.82) is 5.26 Å². The zero-order valence-corrected chi connectivity index (χ0v) is 17.6. The number of benzene rings is 2. The van der Waals surface area contributed by atoms with Gasteiger partial charge in [0, 0.05) is 12.6 Å². The number of rotatable bonds is 5. The highest BCUT2D eigenvalue weighted by molar-refractivity contribution is 5.95. The third kappa shape index (κ3) is 4.52. The SMILES string of the molecule is CNC(=O)c1cc(C#N)cc(-c2ccc([C@@H](O)[C@H]3OC(CO)[C@@H](O)C(O)C3O)c(C)c2)c1. The lowest BCUT2D eigenvalue weighted by Gasteiger charge is -2.42. The van der Waals surface area contributed by atoms with Gasteiger partial charge in [0.1, 0.15) is 36.6 Å². The van der Waals surface area contributed by atoms with Gasteiger partial charge in [-0.25, -0.2) is 0 Å². The Morgan fingerprint density at radius 3 is 2.44 bits per heavy atom. The van der Waals surface area contributed by atoms with Gasteiger partial charge in [0.05, 0.1) is 18.2 Å². The summed E-state index contributed by atoms with van der Waals surface area (Å²) < 4.78 is 5.46. The molecule has 0 aromatic heterocycles. The van der Waals surface area contributed by atoms with Crippen LogP contribution in [0.3, 0.4) is 0 Å². The van der Waals surface area contributed by atoms with E-state index in [4.69, 9.17) is 4.74 Å². The number of aliphatic hydroxyl groups is 5. The van der Waals surface area contributed by atoms with Crippen molar-refractivity contribution in [2.75, 3.05) is 13.7 Å². The first-order chi connectivity index (χ1) is 15.2. The Morgan fingerprint density at radius 2 is 1.84 bits per heavy atom. The van der Waals surface area contributed by atoms with E-state index in [9.17, 15) is 35.6 Å². The molecule has 6 N–H and O–H groups in total. The van der Waals surface area contributed by atoms with E-state index in [1.807, 2.05) is 6.07 Å². The van der Waals surface area contributed by atoms with Gasteiger partial charge in [-0.05, 0) is 47.4 Å². The Hall–Kier alpha value is -2.84. The third-order valence-electron chi connectivity index (χ3n) is 5.71. The van der Waals surface area contributed by atoms with Gasteiger partial charge in [-0.15, -0.1) is 0 Å². The fourth-order valence-electron chi connectivity index (χ4n) is 3.89. The minimum absolute atomic E-state index is 0.323. The predicted molar refractivity (Wildman–Crippen MR) is 113 cm³/mol. The number of amides is 1. The monoisotopic (exact) mass is 442 g/mol. The molecule has 0 aliphatic carbocycles. The van der Waals surface area contributed by atoms with Crippen molar-refractivity contribution in [3.05, 3.63) is 58.7 Å². The van der Waals surface area contributed by atoms with Crippen molar-refractivity contribution < 1.29 is 35.1 Å². The molecule has 1 aliphatic rings. The van der Waals surface area contributed by atoms with Gasteiger partial charge in [0.15, 0.2) is 0 Å². The summed E-state index contributed by atoms with van der Waals surface area (Å²) >= 11 is 0. The molecule has 3 rings (SSSR count). The van der Waals surface area contributed by atoms with Crippen LogP contribution in [0.5, 0.6) is 0 Å². The molecule has 0 radical (unpaired) electrons. The van der Waals surface area contributed by atoms with Crippen LogP contribution in [0.4, 0.5) is 0 Å². The normalized spacial score (nSPS) is 26.2. The number of nitrogens with one attached hydrogen (secondary N) is 1. The van der Waals surface area contributed by atoms with Crippen LogP contribution in [0.25, 0.3) is 11.1 Å². The second-order valence-corrected chi connectivity index (χ2v) is 7.80. The molecule has 0 bridgehead atoms. The first-order valence-electron chi connectivity index (χ1n) is 10.1. The van der Waals surface area contributed by atoms with Crippen LogP contribution >= 0.6 is 0 Å². The Kier molecular flexibility index (Phi) is 7.26. The number of aliphatic hydroxyl groups excluding tert-OH is 5. The minimum Gasteiger partial charge on any atom is -0.394 e. The summed E-state index contributed by atoms with van der Waals surface area (Å²) in [7, 11) is 1.50. The number of ether oxygens (including phenoxy) is 1. The predicted octanol–water partition coefficient (Wildman–Crippen LogP) is -0.231. The molecule has 2 aromatic carbocycles. The van der Waals surface area contributed by atoms with Crippen LogP contribution in [0.1, 0.15) is 33.2 Å². The summed E-state index contributed by atoms with van der Waals surface area (Å²) in [6.07, 6.45) is -8.39. The van der Waals surface area contributed by atoms with Gasteiger partial charge in [-0.1, -0.05) is 18.2 Å². The van der Waals surface area contributed by atoms with Crippen LogP contribution in [-0.2, 0) is 4.74 Å². The zero-order chi connectivity index (χ0) is 23.6. The summed E-state index contributed by atoms with van der Waals surface area (Å²) in [6.45, 7) is 1.15. The fourth-order valence-corrected chi connectivity index (χ4v) is 3.89. The molecule has 1 heterocycles. The van der Waals surface area contributed by atoms with Gasteiger partial charge < -0.3 is 35.6 Å². The lowest BCUT2D eigenvalue weighted by Crippen LogP contribution is -2.59. The van der Waals surface area contributed by atoms with E-state index in [-0.39, 0.29) is 5.91 Å². The largest absolute Gasteiger partial charge is 0.394 e. The van der Waals surface area contributed by atoms with Crippen LogP contribution in [-0.4, -0.2) is 75.6 Å². The zero-order valence-electron chi connectivity index (χ0n) is 17.6. The molecule has 3 unspecified atom stereocenters. The summed E-state index contributed by atoms with van der Waals surface area (Å²) in [5, 5.41) is 62.3. The van der Waals surface area contributed by atoms with Crippen molar-refractivity contribution in [3.63, 3.8) is 0 Å². The maximum atomic E-state index is 12.0. The highest BCUT2D eigenvalue weighted by Gasteiger charge is 2.46. The molecule has 9 nitrogen and oxygen atoms in total. The van der Waals surface area contributed by atoms with E-state index in [0.29, 0.717) is 33.4 Å². The smallest absolute Gasteiger partial charge is 0.251 e. The number of carbonyl (C=O) groups is 1. The van der Waals surface area contributed by atoms with Crippen molar-refractivity contribution in [3.8, 4) is 17.2 Å². The van der Waals surface area contributed by atoms with E-state index in [1.54, 1.807) is 37.3 Å². The van der Waals surface area contributed by atoms with E-state index in [0.717, 1.165) is 0 Å². The first-order valence-corrected chi connectivity index (χ1v) is 10.1. The molecule has 6 atom stereocenters. The molecule has 0 spiro atoms. The molecule has 1 amide bonds. The molecular formula is C23H26N2O7. The van der Waals surface area contributed by atoms with Crippen LogP contribution < -0.4 is 5.32 Å². The number of nitriles is 1. The molecule has 1 fully saturated rings. The Morgan fingerprint density at radius 1 is 1.12 bits per heavy atom. The lowest BCUT2D eigenvalue weighted by molar-refractivity contribution is -0.250. The number of hydrogen-bond donors (Lipinski definition) is 6. The highest BCUT2D eigenvalue weighted by atomic mass is 16.6. The van der Waals surface area contributed by atoms with Crippen LogP contribution in [0, 0.1) is 18.3 Å². The van der Waals surface area contributed by atoms with Crippen molar-refractivity contribution >= 4 is 5.91 Å². The number of carbonyl (C=O) groups excluding carboxylic acids is 1. The number of hydrogen-bond acceptors (Lipinski definition) is 8. The lowest BCUT2D eigenvalue weighted by atomic mass is 9.87. The molecule has 2 aromatic rings. The summed E-state index contributed by atoms with van der Waals surface area (Å²) in [6, 6.07) is 11.9. The maximum Gasteiger partial charge on any atom is 0.251 e. The second kappa shape index (κ2) is 9.75. The minimum atomic E-state index is -1.59. The quantitative estimate of drug-likeness (QED) is 0.370. The van der Waals surface area contributed by atoms with Gasteiger partial charge >= 0.3 is 0 Å². The van der Waals surface area contributed by atoms with Crippen molar-refractivity contribution in [2.24, 2.45) is 0 Å². The number of nitrogens with zero attached hydrogens (tertiary/aromatic N) is 1. The molecule has 1 saturated heterocycles. The standard InChI is InChI=1S/C23H26N2O7/c1-11-5-13(14-6-12(9-24)7-15(8-14)23(31)25-2)3-4-16(11)18(27)22-21(30)20(29)19(28)17(10-26)32-22/h3-8,17-22,26-30H,10H2,1-2H3,(H,25,31)/t17?,18-,19-,20?,21?,22-/m1/s1. The van der Waals surface area contributed by atoms with Gasteiger partial charge in [-0.2, -0.15) is 5.26 Å². The van der Waals surface area contributed by atoms with Crippen molar-refractivity contribution in [1.82, 2.24) is 5.32 Å². The maximum absolute atomic E-state index is 12.0. The molecule has 170 valence electrons. The topological polar surface area (TPSA) is 163 Å². The molecule has 1 aliphatic heterocycles. The third-order valence-corrected chi connectivity index (χ3v) is 5.71. The number of aryl methyl sites for hydroxylation is 1. The van der Waals surface area contributed by atoms with Gasteiger partial charge in [0.25, 0.3) is 5.91 Å². The van der Waals surface area contributed by atoms with Crippen molar-refractivity contribution in [2.45, 2.75) is 43.5 Å². The Balaban J connectivity index is 1.93. The summed E-state index contributed by atoms with van der Waals surface area (Å²) in [5.41, 5.74) is 3.06. The molecule has 9 heteroatoms. The Bertz CT molecular complexity index is 1030. The van der Waals surface area contributed by atoms with Crippen LogP contribution in [0.15, 0.2) is 36.4 Å². The highest BCUT2D eigenvalue weighted by Crippen LogP contribution is 2.33. The summed E-state index contributed by atoms with van der Waals surface area (Å²) in [5.74, 6) is -0.324. The molecular weight excluding hydrogens is 416 g/mol. The Labute approximate surface area is 185 Å². The molecule has 32 heavy (non-hydrogen) atoms. The van der Waals surface area contributed by atoms with E-state index >= 15 is 0 Å². The average molecular weight is 442 g/mol. The van der Waals surface area contributed by atoms with Gasteiger partial charge in [0.2, 0.25) is 0 Å². The fraction of sp³-hybridized carbons (Fsp3) is 0.391. The van der Waals surface area contributed by atoms with E-state index < -0.39 is 43.2 Å².